The second-order valence-electron chi connectivity index (χ2n) is 5.43. The van der Waals surface area contributed by atoms with E-state index in [9.17, 15) is 0 Å². The molecule has 1 aromatic heterocycles. The molecule has 22 heavy (non-hydrogen) atoms. The Bertz CT molecular complexity index is 419. The van der Waals surface area contributed by atoms with Gasteiger partial charge in [0.05, 0.1) is 6.54 Å². The predicted octanol–water partition coefficient (Wildman–Crippen LogP) is 2.51. The Kier molecular flexibility index (Phi) is 9.45. The normalized spacial score (nSPS) is 16.2. The van der Waals surface area contributed by atoms with E-state index in [0.717, 1.165) is 43.9 Å². The molecule has 0 unspecified atom stereocenters. The molecule has 0 aromatic carbocycles. The second kappa shape index (κ2) is 10.8. The first-order valence-electron chi connectivity index (χ1n) is 7.76. The van der Waals surface area contributed by atoms with Gasteiger partial charge in [0.2, 0.25) is 0 Å². The van der Waals surface area contributed by atoms with Crippen molar-refractivity contribution < 1.29 is 9.26 Å². The third-order valence-electron chi connectivity index (χ3n) is 3.79. The summed E-state index contributed by atoms with van der Waals surface area (Å²) in [5, 5.41) is 7.21. The van der Waals surface area contributed by atoms with Gasteiger partial charge in [-0.05, 0) is 32.1 Å². The summed E-state index contributed by atoms with van der Waals surface area (Å²) in [5.41, 5.74) is 0.850. The molecule has 2 rings (SSSR count). The summed E-state index contributed by atoms with van der Waals surface area (Å²) in [5.74, 6) is 1.70. The van der Waals surface area contributed by atoms with Crippen molar-refractivity contribution in [2.24, 2.45) is 10.9 Å². The number of hydrogen-bond donors (Lipinski definition) is 1. The van der Waals surface area contributed by atoms with Gasteiger partial charge >= 0.3 is 0 Å². The number of hydrogen-bond acceptors (Lipinski definition) is 4. The van der Waals surface area contributed by atoms with Crippen LogP contribution in [0, 0.1) is 5.92 Å². The van der Waals surface area contributed by atoms with Crippen LogP contribution in [0.3, 0.4) is 0 Å². The lowest BCUT2D eigenvalue weighted by molar-refractivity contribution is 0.0625. The van der Waals surface area contributed by atoms with Gasteiger partial charge in [-0.2, -0.15) is 0 Å². The van der Waals surface area contributed by atoms with Crippen molar-refractivity contribution in [2.45, 2.75) is 32.7 Å². The monoisotopic (exact) mass is 422 g/mol. The molecule has 7 heteroatoms. The Morgan fingerprint density at radius 2 is 2.23 bits per heavy atom. The van der Waals surface area contributed by atoms with Crippen LogP contribution in [0.5, 0.6) is 0 Å². The molecule has 1 fully saturated rings. The zero-order chi connectivity index (χ0) is 14.9. The van der Waals surface area contributed by atoms with Gasteiger partial charge in [-0.25, -0.2) is 4.99 Å². The van der Waals surface area contributed by atoms with Gasteiger partial charge in [0.1, 0.15) is 12.0 Å². The van der Waals surface area contributed by atoms with E-state index < -0.39 is 0 Å². The van der Waals surface area contributed by atoms with Crippen LogP contribution in [0.25, 0.3) is 0 Å². The second-order valence-corrected chi connectivity index (χ2v) is 5.43. The number of rotatable bonds is 6. The van der Waals surface area contributed by atoms with E-state index >= 15 is 0 Å². The Labute approximate surface area is 149 Å². The lowest BCUT2D eigenvalue weighted by Crippen LogP contribution is -2.40. The molecule has 0 saturated carbocycles. The molecular weight excluding hydrogens is 395 g/mol. The molecule has 0 radical (unpaired) electrons. The Morgan fingerprint density at radius 3 is 2.86 bits per heavy atom. The molecule has 1 N–H and O–H groups in total. The van der Waals surface area contributed by atoms with Crippen molar-refractivity contribution in [3.8, 4) is 0 Å². The van der Waals surface area contributed by atoms with Gasteiger partial charge in [0.15, 0.2) is 5.96 Å². The predicted molar refractivity (Wildman–Crippen MR) is 97.5 cm³/mol. The zero-order valence-corrected chi connectivity index (χ0v) is 15.8. The number of ether oxygens (including phenoxy) is 1. The van der Waals surface area contributed by atoms with Crippen molar-refractivity contribution in [3.05, 3.63) is 18.0 Å². The molecule has 126 valence electrons. The highest BCUT2D eigenvalue weighted by Crippen LogP contribution is 2.18. The fourth-order valence-electron chi connectivity index (χ4n) is 2.46. The summed E-state index contributed by atoms with van der Waals surface area (Å²) in [7, 11) is 2.09. The third-order valence-corrected chi connectivity index (χ3v) is 3.79. The van der Waals surface area contributed by atoms with Crippen LogP contribution in [0.2, 0.25) is 0 Å². The van der Waals surface area contributed by atoms with Crippen molar-refractivity contribution in [2.75, 3.05) is 33.4 Å². The van der Waals surface area contributed by atoms with Gasteiger partial charge < -0.3 is 19.5 Å². The highest BCUT2D eigenvalue weighted by atomic mass is 127. The van der Waals surface area contributed by atoms with Gasteiger partial charge in [0.25, 0.3) is 0 Å². The van der Waals surface area contributed by atoms with Crippen molar-refractivity contribution in [3.63, 3.8) is 0 Å². The molecular formula is C15H27IN4O2. The van der Waals surface area contributed by atoms with Gasteiger partial charge in [0, 0.05) is 39.4 Å². The van der Waals surface area contributed by atoms with Gasteiger partial charge in [-0.15, -0.1) is 24.0 Å². The number of nitrogens with zero attached hydrogens (tertiary/aromatic N) is 3. The Hall–Kier alpha value is -0.830. The molecule has 0 amide bonds. The maximum absolute atomic E-state index is 5.41. The highest BCUT2D eigenvalue weighted by molar-refractivity contribution is 14.0. The van der Waals surface area contributed by atoms with Crippen LogP contribution in [-0.4, -0.2) is 49.4 Å². The largest absolute Gasteiger partial charge is 0.381 e. The molecule has 0 spiro atoms. The molecule has 6 nitrogen and oxygen atoms in total. The molecule has 0 atom stereocenters. The molecule has 1 saturated heterocycles. The number of halogens is 1. The van der Waals surface area contributed by atoms with Crippen LogP contribution in [0.1, 0.15) is 31.9 Å². The summed E-state index contributed by atoms with van der Waals surface area (Å²) >= 11 is 0. The molecule has 1 aliphatic rings. The fraction of sp³-hybridized carbons (Fsp3) is 0.733. The fourth-order valence-corrected chi connectivity index (χ4v) is 2.46. The van der Waals surface area contributed by atoms with Crippen LogP contribution in [0.4, 0.5) is 0 Å². The molecule has 2 heterocycles. The first kappa shape index (κ1) is 19.2. The van der Waals surface area contributed by atoms with Crippen molar-refractivity contribution in [1.29, 1.82) is 0 Å². The third kappa shape index (κ3) is 6.51. The standard InChI is InChI=1S/C15H26N4O2.HI/c1-3-16-15(17-12-14-7-11-21-18-14)19(2)8-4-13-5-9-20-10-6-13;/h7,11,13H,3-6,8-10,12H2,1-2H3,(H,16,17);1H. The molecule has 0 aliphatic carbocycles. The zero-order valence-electron chi connectivity index (χ0n) is 13.5. The summed E-state index contributed by atoms with van der Waals surface area (Å²) in [6, 6.07) is 1.84. The van der Waals surface area contributed by atoms with Gasteiger partial charge in [-0.3, -0.25) is 0 Å². The maximum Gasteiger partial charge on any atom is 0.194 e. The first-order chi connectivity index (χ1) is 10.3. The highest BCUT2D eigenvalue weighted by Gasteiger charge is 2.15. The maximum atomic E-state index is 5.41. The summed E-state index contributed by atoms with van der Waals surface area (Å²) in [4.78, 5) is 6.80. The van der Waals surface area contributed by atoms with Crippen LogP contribution >= 0.6 is 24.0 Å². The van der Waals surface area contributed by atoms with Gasteiger partial charge in [-0.1, -0.05) is 5.16 Å². The topological polar surface area (TPSA) is 62.9 Å². The van der Waals surface area contributed by atoms with E-state index in [4.69, 9.17) is 9.26 Å². The SMILES string of the molecule is CCNC(=NCc1ccon1)N(C)CCC1CCOCC1.I. The smallest absolute Gasteiger partial charge is 0.194 e. The van der Waals surface area contributed by atoms with Crippen LogP contribution in [-0.2, 0) is 11.3 Å². The summed E-state index contributed by atoms with van der Waals surface area (Å²) < 4.78 is 10.2. The number of guanidine groups is 1. The van der Waals surface area contributed by atoms with Crippen molar-refractivity contribution >= 4 is 29.9 Å². The van der Waals surface area contributed by atoms with E-state index in [1.807, 2.05) is 6.07 Å². The number of aromatic nitrogens is 1. The van der Waals surface area contributed by atoms with E-state index in [-0.39, 0.29) is 24.0 Å². The lowest BCUT2D eigenvalue weighted by Gasteiger charge is -2.26. The molecule has 1 aromatic rings. The summed E-state index contributed by atoms with van der Waals surface area (Å²) in [6.45, 7) is 6.32. The number of aliphatic imine (C=N–C) groups is 1. The van der Waals surface area contributed by atoms with E-state index in [1.54, 1.807) is 6.26 Å². The van der Waals surface area contributed by atoms with Crippen molar-refractivity contribution in [1.82, 2.24) is 15.4 Å². The average Bonchev–Trinajstić information content (AvgIpc) is 3.03. The van der Waals surface area contributed by atoms with E-state index in [0.29, 0.717) is 6.54 Å². The van der Waals surface area contributed by atoms with E-state index in [1.165, 1.54) is 19.3 Å². The summed E-state index contributed by atoms with van der Waals surface area (Å²) in [6.07, 6.45) is 5.13. The minimum atomic E-state index is 0. The lowest BCUT2D eigenvalue weighted by atomic mass is 9.96. The quantitative estimate of drug-likeness (QED) is 0.434. The minimum absolute atomic E-state index is 0. The first-order valence-corrected chi connectivity index (χ1v) is 7.76. The van der Waals surface area contributed by atoms with E-state index in [2.05, 4.69) is 34.3 Å². The van der Waals surface area contributed by atoms with Crippen LogP contribution in [0.15, 0.2) is 21.8 Å². The van der Waals surface area contributed by atoms with Crippen LogP contribution < -0.4 is 5.32 Å². The Balaban J connectivity index is 0.00000242. The number of nitrogens with one attached hydrogen (secondary N) is 1. The minimum Gasteiger partial charge on any atom is -0.381 e. The molecule has 1 aliphatic heterocycles. The Morgan fingerprint density at radius 1 is 1.45 bits per heavy atom. The molecule has 0 bridgehead atoms. The average molecular weight is 422 g/mol.